The summed E-state index contributed by atoms with van der Waals surface area (Å²) in [5.74, 6) is 0.922. The van der Waals surface area contributed by atoms with Crippen LogP contribution in [0, 0.1) is 5.82 Å². The van der Waals surface area contributed by atoms with Gasteiger partial charge < -0.3 is 9.94 Å². The second-order valence-corrected chi connectivity index (χ2v) is 4.20. The third kappa shape index (κ3) is 3.95. The molecule has 2 rings (SSSR count). The number of halogens is 1. The second-order valence-electron chi connectivity index (χ2n) is 4.20. The van der Waals surface area contributed by atoms with Gasteiger partial charge in [0.1, 0.15) is 17.3 Å². The van der Waals surface area contributed by atoms with E-state index in [0.717, 1.165) is 5.56 Å². The molecule has 0 aliphatic heterocycles. The molecule has 102 valence electrons. The minimum absolute atomic E-state index is 0.298. The first-order valence-electron chi connectivity index (χ1n) is 6.07. The molecule has 0 saturated heterocycles. The largest absolute Gasteiger partial charge is 0.457 e. The van der Waals surface area contributed by atoms with Crippen molar-refractivity contribution in [1.82, 2.24) is 0 Å². The van der Waals surface area contributed by atoms with Crippen LogP contribution in [0.2, 0.25) is 0 Å². The highest BCUT2D eigenvalue weighted by Crippen LogP contribution is 2.22. The van der Waals surface area contributed by atoms with Gasteiger partial charge in [-0.3, -0.25) is 0 Å². The zero-order valence-corrected chi connectivity index (χ0v) is 11.0. The molecule has 2 aromatic rings. The summed E-state index contributed by atoms with van der Waals surface area (Å²) in [6.45, 7) is 1.69. The van der Waals surface area contributed by atoms with E-state index in [1.54, 1.807) is 25.1 Å². The Balaban J connectivity index is 2.13. The lowest BCUT2D eigenvalue weighted by molar-refractivity contribution is 0.319. The fourth-order valence-corrected chi connectivity index (χ4v) is 1.57. The molecule has 0 aliphatic rings. The number of ether oxygens (including phenoxy) is 1. The van der Waals surface area contributed by atoms with Crippen LogP contribution in [0.1, 0.15) is 12.5 Å². The van der Waals surface area contributed by atoms with Crippen molar-refractivity contribution < 1.29 is 14.3 Å². The minimum atomic E-state index is -0.298. The molecule has 3 nitrogen and oxygen atoms in total. The van der Waals surface area contributed by atoms with Crippen LogP contribution in [0.5, 0.6) is 11.5 Å². The molecule has 0 saturated carbocycles. The standard InChI is InChI=1S/C16H14FNO2/c1-12(18-19)5-6-13-3-2-4-16(11-13)20-15-9-7-14(17)8-10-15/h2-11,19H,1H3. The summed E-state index contributed by atoms with van der Waals surface area (Å²) in [5.41, 5.74) is 1.42. The van der Waals surface area contributed by atoms with E-state index in [1.807, 2.05) is 30.3 Å². The van der Waals surface area contributed by atoms with Crippen molar-refractivity contribution in [3.8, 4) is 11.5 Å². The molecule has 2 aromatic carbocycles. The van der Waals surface area contributed by atoms with E-state index in [1.165, 1.54) is 12.1 Å². The van der Waals surface area contributed by atoms with Crippen molar-refractivity contribution in [2.24, 2.45) is 5.16 Å². The first-order chi connectivity index (χ1) is 9.67. The van der Waals surface area contributed by atoms with Gasteiger partial charge in [-0.25, -0.2) is 4.39 Å². The number of hydrogen-bond acceptors (Lipinski definition) is 3. The van der Waals surface area contributed by atoms with Gasteiger partial charge in [0.25, 0.3) is 0 Å². The second kappa shape index (κ2) is 6.52. The van der Waals surface area contributed by atoms with Crippen molar-refractivity contribution in [3.63, 3.8) is 0 Å². The lowest BCUT2D eigenvalue weighted by Gasteiger charge is -2.06. The Bertz CT molecular complexity index is 633. The van der Waals surface area contributed by atoms with Crippen molar-refractivity contribution >= 4 is 11.8 Å². The lowest BCUT2D eigenvalue weighted by atomic mass is 10.2. The third-order valence-corrected chi connectivity index (χ3v) is 2.58. The van der Waals surface area contributed by atoms with Gasteiger partial charge in [0.15, 0.2) is 0 Å². The Labute approximate surface area is 116 Å². The SMILES string of the molecule is CC(C=Cc1cccc(Oc2ccc(F)cc2)c1)=NO. The van der Waals surface area contributed by atoms with Crippen molar-refractivity contribution in [2.75, 3.05) is 0 Å². The predicted octanol–water partition coefficient (Wildman–Crippen LogP) is 4.48. The van der Waals surface area contributed by atoms with Crippen LogP contribution in [0.15, 0.2) is 59.8 Å². The van der Waals surface area contributed by atoms with E-state index in [9.17, 15) is 4.39 Å². The Morgan fingerprint density at radius 3 is 2.60 bits per heavy atom. The van der Waals surface area contributed by atoms with Gasteiger partial charge in [0.05, 0.1) is 5.71 Å². The fourth-order valence-electron chi connectivity index (χ4n) is 1.57. The highest BCUT2D eigenvalue weighted by molar-refractivity contribution is 5.95. The number of hydrogen-bond donors (Lipinski definition) is 1. The molecule has 0 radical (unpaired) electrons. The Morgan fingerprint density at radius 1 is 1.15 bits per heavy atom. The number of nitrogens with zero attached hydrogens (tertiary/aromatic N) is 1. The van der Waals surface area contributed by atoms with Gasteiger partial charge in [0, 0.05) is 0 Å². The normalized spacial score (nSPS) is 11.8. The molecule has 0 unspecified atom stereocenters. The maximum absolute atomic E-state index is 12.8. The molecule has 0 aromatic heterocycles. The van der Waals surface area contributed by atoms with Crippen LogP contribution < -0.4 is 4.74 Å². The number of oxime groups is 1. The Morgan fingerprint density at radius 2 is 1.90 bits per heavy atom. The Hall–Kier alpha value is -2.62. The Kier molecular flexibility index (Phi) is 4.50. The number of benzene rings is 2. The molecule has 0 heterocycles. The third-order valence-electron chi connectivity index (χ3n) is 2.58. The number of allylic oxidation sites excluding steroid dienone is 1. The van der Waals surface area contributed by atoms with Crippen LogP contribution in [0.25, 0.3) is 6.08 Å². The van der Waals surface area contributed by atoms with Gasteiger partial charge in [-0.2, -0.15) is 0 Å². The van der Waals surface area contributed by atoms with E-state index in [4.69, 9.17) is 9.94 Å². The number of rotatable bonds is 4. The van der Waals surface area contributed by atoms with Gasteiger partial charge in [-0.1, -0.05) is 23.4 Å². The highest BCUT2D eigenvalue weighted by atomic mass is 19.1. The first-order valence-corrected chi connectivity index (χ1v) is 6.07. The topological polar surface area (TPSA) is 41.8 Å². The van der Waals surface area contributed by atoms with Crippen LogP contribution in [-0.4, -0.2) is 10.9 Å². The summed E-state index contributed by atoms with van der Waals surface area (Å²) < 4.78 is 18.4. The molecule has 0 fully saturated rings. The molecule has 0 atom stereocenters. The summed E-state index contributed by atoms with van der Waals surface area (Å²) in [7, 11) is 0. The van der Waals surface area contributed by atoms with Gasteiger partial charge in [-0.05, 0) is 55.0 Å². The molecule has 1 N–H and O–H groups in total. The first kappa shape index (κ1) is 13.8. The van der Waals surface area contributed by atoms with Crippen LogP contribution in [-0.2, 0) is 0 Å². The fraction of sp³-hybridized carbons (Fsp3) is 0.0625. The summed E-state index contributed by atoms with van der Waals surface area (Å²) >= 11 is 0. The van der Waals surface area contributed by atoms with E-state index >= 15 is 0 Å². The maximum atomic E-state index is 12.8. The monoisotopic (exact) mass is 271 g/mol. The average Bonchev–Trinajstić information content (AvgIpc) is 2.47. The van der Waals surface area contributed by atoms with Crippen molar-refractivity contribution in [3.05, 3.63) is 66.0 Å². The summed E-state index contributed by atoms with van der Waals surface area (Å²) in [4.78, 5) is 0. The molecule has 20 heavy (non-hydrogen) atoms. The summed E-state index contributed by atoms with van der Waals surface area (Å²) in [6, 6.07) is 13.2. The van der Waals surface area contributed by atoms with E-state index in [-0.39, 0.29) is 5.82 Å². The molecule has 0 spiro atoms. The average molecular weight is 271 g/mol. The molecular formula is C16H14FNO2. The van der Waals surface area contributed by atoms with Crippen LogP contribution >= 0.6 is 0 Å². The highest BCUT2D eigenvalue weighted by Gasteiger charge is 1.98. The summed E-state index contributed by atoms with van der Waals surface area (Å²) in [5, 5.41) is 11.6. The molecule has 0 amide bonds. The van der Waals surface area contributed by atoms with E-state index in [0.29, 0.717) is 17.2 Å². The smallest absolute Gasteiger partial charge is 0.128 e. The van der Waals surface area contributed by atoms with E-state index in [2.05, 4.69) is 5.16 Å². The molecule has 4 heteroatoms. The summed E-state index contributed by atoms with van der Waals surface area (Å²) in [6.07, 6.45) is 3.50. The zero-order chi connectivity index (χ0) is 14.4. The van der Waals surface area contributed by atoms with Crippen LogP contribution in [0.3, 0.4) is 0 Å². The van der Waals surface area contributed by atoms with Crippen molar-refractivity contribution in [1.29, 1.82) is 0 Å². The molecular weight excluding hydrogens is 257 g/mol. The zero-order valence-electron chi connectivity index (χ0n) is 11.0. The molecule has 0 bridgehead atoms. The van der Waals surface area contributed by atoms with Crippen LogP contribution in [0.4, 0.5) is 4.39 Å². The van der Waals surface area contributed by atoms with Gasteiger partial charge >= 0.3 is 0 Å². The maximum Gasteiger partial charge on any atom is 0.128 e. The lowest BCUT2D eigenvalue weighted by Crippen LogP contribution is -1.86. The van der Waals surface area contributed by atoms with Gasteiger partial charge in [0.2, 0.25) is 0 Å². The van der Waals surface area contributed by atoms with E-state index < -0.39 is 0 Å². The quantitative estimate of drug-likeness (QED) is 0.506. The molecule has 0 aliphatic carbocycles. The minimum Gasteiger partial charge on any atom is -0.457 e. The van der Waals surface area contributed by atoms with Crippen molar-refractivity contribution in [2.45, 2.75) is 6.92 Å². The predicted molar refractivity (Wildman–Crippen MR) is 76.8 cm³/mol. The van der Waals surface area contributed by atoms with Gasteiger partial charge in [-0.15, -0.1) is 0 Å².